The van der Waals surface area contributed by atoms with Crippen molar-refractivity contribution in [2.45, 2.75) is 12.6 Å². The van der Waals surface area contributed by atoms with E-state index in [2.05, 4.69) is 15.4 Å². The summed E-state index contributed by atoms with van der Waals surface area (Å²) in [7, 11) is 0. The lowest BCUT2D eigenvalue weighted by Gasteiger charge is -2.09. The lowest BCUT2D eigenvalue weighted by Crippen LogP contribution is -2.24. The van der Waals surface area contributed by atoms with Gasteiger partial charge in [0.15, 0.2) is 0 Å². The summed E-state index contributed by atoms with van der Waals surface area (Å²) in [5.74, 6) is -0.602. The van der Waals surface area contributed by atoms with Gasteiger partial charge in [-0.1, -0.05) is 0 Å². The van der Waals surface area contributed by atoms with Gasteiger partial charge in [0.25, 0.3) is 0 Å². The van der Waals surface area contributed by atoms with Crippen molar-refractivity contribution in [3.63, 3.8) is 0 Å². The number of halogens is 3. The summed E-state index contributed by atoms with van der Waals surface area (Å²) in [5, 5.41) is 5.67. The van der Waals surface area contributed by atoms with Gasteiger partial charge >= 0.3 is 6.18 Å². The summed E-state index contributed by atoms with van der Waals surface area (Å²) in [4.78, 5) is 11.4. The average molecular weight is 274 g/mol. The van der Waals surface area contributed by atoms with Crippen LogP contribution >= 0.6 is 0 Å². The lowest BCUT2D eigenvalue weighted by molar-refractivity contribution is -0.174. The zero-order valence-corrected chi connectivity index (χ0v) is 10.0. The van der Waals surface area contributed by atoms with Gasteiger partial charge in [0.05, 0.1) is 0 Å². The molecule has 0 spiro atoms. The first-order valence-electron chi connectivity index (χ1n) is 5.75. The Hall–Kier alpha value is -1.76. The summed E-state index contributed by atoms with van der Waals surface area (Å²) in [6, 6.07) is 5.32. The maximum atomic E-state index is 11.8. The van der Waals surface area contributed by atoms with Gasteiger partial charge in [-0.3, -0.25) is 4.79 Å². The van der Waals surface area contributed by atoms with E-state index in [0.717, 1.165) is 24.2 Å². The van der Waals surface area contributed by atoms with Crippen molar-refractivity contribution >= 4 is 17.3 Å². The summed E-state index contributed by atoms with van der Waals surface area (Å²) in [6.45, 7) is -1.19. The van der Waals surface area contributed by atoms with Gasteiger partial charge in [-0.05, 0) is 30.2 Å². The summed E-state index contributed by atoms with van der Waals surface area (Å²) in [5.41, 5.74) is 2.66. The third-order valence-corrected chi connectivity index (χ3v) is 2.60. The molecule has 2 N–H and O–H groups in total. The normalized spacial score (nSPS) is 13.8. The molecule has 1 aliphatic rings. The van der Waals surface area contributed by atoms with Crippen molar-refractivity contribution in [1.29, 1.82) is 0 Å². The summed E-state index contributed by atoms with van der Waals surface area (Å²) in [6.07, 6.45) is -3.55. The fourth-order valence-corrected chi connectivity index (χ4v) is 1.84. The van der Waals surface area contributed by atoms with Crippen LogP contribution in [-0.2, 0) is 16.0 Å². The van der Waals surface area contributed by atoms with Crippen LogP contribution in [0.1, 0.15) is 5.56 Å². The maximum absolute atomic E-state index is 11.8. The fourth-order valence-electron chi connectivity index (χ4n) is 1.84. The van der Waals surface area contributed by atoms with E-state index in [9.17, 15) is 18.0 Å². The molecule has 1 aromatic carbocycles. The number of hydrogen-bond acceptors (Lipinski definition) is 3. The molecule has 0 saturated carbocycles. The Kier molecular flexibility index (Phi) is 3.94. The van der Waals surface area contributed by atoms with Crippen molar-refractivity contribution in [3.05, 3.63) is 23.8 Å². The molecule has 2 rings (SSSR count). The molecule has 0 atom stereocenters. The van der Waals surface area contributed by atoms with E-state index in [4.69, 9.17) is 0 Å². The first kappa shape index (κ1) is 13.7. The third kappa shape index (κ3) is 4.13. The van der Waals surface area contributed by atoms with Crippen LogP contribution in [0.2, 0.25) is 0 Å². The van der Waals surface area contributed by atoms with E-state index in [1.54, 1.807) is 12.1 Å². The molecule has 4 nitrogen and oxygen atoms in total. The number of nitrogens with one attached hydrogen (secondary N) is 2. The Balaban J connectivity index is 1.82. The van der Waals surface area contributed by atoms with Gasteiger partial charge in [0.1, 0.15) is 13.2 Å². The van der Waals surface area contributed by atoms with Gasteiger partial charge < -0.3 is 15.4 Å². The number of carbonyl (C=O) groups is 1. The first-order chi connectivity index (χ1) is 8.94. The van der Waals surface area contributed by atoms with Gasteiger partial charge in [0, 0.05) is 17.9 Å². The molecule has 0 aliphatic carbocycles. The molecule has 1 aromatic rings. The molecular formula is C12H13F3N2O2. The molecule has 0 saturated heterocycles. The predicted molar refractivity (Wildman–Crippen MR) is 64.1 cm³/mol. The summed E-state index contributed by atoms with van der Waals surface area (Å²) >= 11 is 0. The highest BCUT2D eigenvalue weighted by Gasteiger charge is 2.27. The minimum absolute atomic E-state index is 0.558. The van der Waals surface area contributed by atoms with Gasteiger partial charge in [-0.15, -0.1) is 0 Å². The van der Waals surface area contributed by atoms with Crippen molar-refractivity contribution in [2.24, 2.45) is 0 Å². The van der Waals surface area contributed by atoms with Crippen LogP contribution in [0.15, 0.2) is 18.2 Å². The Morgan fingerprint density at radius 2 is 2.21 bits per heavy atom. The minimum atomic E-state index is -4.42. The smallest absolute Gasteiger partial charge is 0.384 e. The van der Waals surface area contributed by atoms with Crippen LogP contribution in [-0.4, -0.2) is 31.8 Å². The quantitative estimate of drug-likeness (QED) is 0.884. The largest absolute Gasteiger partial charge is 0.411 e. The predicted octanol–water partition coefficient (Wildman–Crippen LogP) is 2.17. The Morgan fingerprint density at radius 1 is 1.42 bits per heavy atom. The monoisotopic (exact) mass is 274 g/mol. The second-order valence-electron chi connectivity index (χ2n) is 4.20. The molecule has 7 heteroatoms. The van der Waals surface area contributed by atoms with E-state index in [1.807, 2.05) is 6.07 Å². The minimum Gasteiger partial charge on any atom is -0.384 e. The van der Waals surface area contributed by atoms with Gasteiger partial charge in [0.2, 0.25) is 5.91 Å². The first-order valence-corrected chi connectivity index (χ1v) is 5.75. The molecule has 19 heavy (non-hydrogen) atoms. The second-order valence-corrected chi connectivity index (χ2v) is 4.20. The van der Waals surface area contributed by atoms with Crippen LogP contribution in [0.5, 0.6) is 0 Å². The highest BCUT2D eigenvalue weighted by atomic mass is 19.4. The number of amides is 1. The average Bonchev–Trinajstić information content (AvgIpc) is 2.74. The number of rotatable bonds is 4. The zero-order valence-electron chi connectivity index (χ0n) is 10.0. The number of alkyl halides is 3. The zero-order chi connectivity index (χ0) is 13.9. The highest BCUT2D eigenvalue weighted by Crippen LogP contribution is 2.25. The third-order valence-electron chi connectivity index (χ3n) is 2.60. The molecule has 1 amide bonds. The number of hydrogen-bond donors (Lipinski definition) is 2. The highest BCUT2D eigenvalue weighted by molar-refractivity contribution is 5.92. The number of anilines is 2. The molecule has 0 fully saturated rings. The molecule has 0 aromatic heterocycles. The molecule has 1 aliphatic heterocycles. The standard InChI is InChI=1S/C12H13F3N2O2/c13-12(14,15)7-19-6-11(18)17-9-1-2-10-8(5-9)3-4-16-10/h1-2,5,16H,3-4,6-7H2,(H,17,18). The molecule has 0 unspecified atom stereocenters. The Morgan fingerprint density at radius 3 is 2.95 bits per heavy atom. The van der Waals surface area contributed by atoms with E-state index >= 15 is 0 Å². The SMILES string of the molecule is O=C(COCC(F)(F)F)Nc1ccc2c(c1)CCN2. The number of benzene rings is 1. The molecule has 104 valence electrons. The Labute approximate surface area is 107 Å². The van der Waals surface area contributed by atoms with Gasteiger partial charge in [-0.2, -0.15) is 13.2 Å². The van der Waals surface area contributed by atoms with Crippen molar-refractivity contribution < 1.29 is 22.7 Å². The van der Waals surface area contributed by atoms with Crippen LogP contribution in [0, 0.1) is 0 Å². The van der Waals surface area contributed by atoms with Crippen LogP contribution in [0.4, 0.5) is 24.5 Å². The van der Waals surface area contributed by atoms with Crippen LogP contribution < -0.4 is 10.6 Å². The number of ether oxygens (including phenoxy) is 1. The van der Waals surface area contributed by atoms with E-state index in [0.29, 0.717) is 5.69 Å². The van der Waals surface area contributed by atoms with Gasteiger partial charge in [-0.25, -0.2) is 0 Å². The molecule has 0 radical (unpaired) electrons. The van der Waals surface area contributed by atoms with Crippen molar-refractivity contribution in [2.75, 3.05) is 30.4 Å². The Bertz CT molecular complexity index is 475. The van der Waals surface area contributed by atoms with Crippen molar-refractivity contribution in [3.8, 4) is 0 Å². The molecular weight excluding hydrogens is 261 g/mol. The molecule has 0 bridgehead atoms. The fraction of sp³-hybridized carbons (Fsp3) is 0.417. The molecule has 1 heterocycles. The van der Waals surface area contributed by atoms with E-state index < -0.39 is 25.3 Å². The second kappa shape index (κ2) is 5.48. The lowest BCUT2D eigenvalue weighted by atomic mass is 10.1. The van der Waals surface area contributed by atoms with Crippen LogP contribution in [0.3, 0.4) is 0 Å². The topological polar surface area (TPSA) is 50.4 Å². The van der Waals surface area contributed by atoms with Crippen molar-refractivity contribution in [1.82, 2.24) is 0 Å². The van der Waals surface area contributed by atoms with E-state index in [-0.39, 0.29) is 0 Å². The van der Waals surface area contributed by atoms with E-state index in [1.165, 1.54) is 0 Å². The number of fused-ring (bicyclic) bond motifs is 1. The maximum Gasteiger partial charge on any atom is 0.411 e. The number of carbonyl (C=O) groups excluding carboxylic acids is 1. The summed E-state index contributed by atoms with van der Waals surface area (Å²) < 4.78 is 39.7. The van der Waals surface area contributed by atoms with Crippen LogP contribution in [0.25, 0.3) is 0 Å².